The van der Waals surface area contributed by atoms with Crippen molar-refractivity contribution in [2.24, 2.45) is 5.92 Å². The zero-order valence-corrected chi connectivity index (χ0v) is 10.2. The van der Waals surface area contributed by atoms with E-state index in [4.69, 9.17) is 0 Å². The molecule has 0 radical (unpaired) electrons. The van der Waals surface area contributed by atoms with Crippen LogP contribution in [0, 0.1) is 19.8 Å². The molecule has 0 unspecified atom stereocenters. The minimum Gasteiger partial charge on any atom is -0.356 e. The largest absolute Gasteiger partial charge is 0.356 e. The van der Waals surface area contributed by atoms with Crippen LogP contribution in [-0.2, 0) is 11.2 Å². The number of aromatic nitrogens is 2. The molecular weight excluding hydrogens is 218 g/mol. The van der Waals surface area contributed by atoms with Crippen molar-refractivity contribution in [1.82, 2.24) is 15.3 Å². The fourth-order valence-corrected chi connectivity index (χ4v) is 1.76. The summed E-state index contributed by atoms with van der Waals surface area (Å²) in [6.07, 6.45) is 2.51. The van der Waals surface area contributed by atoms with Crippen LogP contribution in [0.15, 0.2) is 4.79 Å². The summed E-state index contributed by atoms with van der Waals surface area (Å²) in [7, 11) is 0. The van der Waals surface area contributed by atoms with E-state index < -0.39 is 0 Å². The molecule has 1 heterocycles. The van der Waals surface area contributed by atoms with E-state index in [0.29, 0.717) is 23.0 Å². The average molecular weight is 235 g/mol. The molecule has 1 aliphatic carbocycles. The molecule has 1 aliphatic rings. The maximum Gasteiger partial charge on any atom is 0.254 e. The van der Waals surface area contributed by atoms with Gasteiger partial charge < -0.3 is 10.3 Å². The predicted molar refractivity (Wildman–Crippen MR) is 63.8 cm³/mol. The minimum atomic E-state index is -0.212. The van der Waals surface area contributed by atoms with Crippen molar-refractivity contribution in [3.63, 3.8) is 0 Å². The summed E-state index contributed by atoms with van der Waals surface area (Å²) >= 11 is 0. The summed E-state index contributed by atoms with van der Waals surface area (Å²) in [6, 6.07) is 0. The number of aryl methyl sites for hydroxylation is 2. The van der Waals surface area contributed by atoms with Crippen LogP contribution in [-0.4, -0.2) is 22.4 Å². The van der Waals surface area contributed by atoms with Crippen molar-refractivity contribution in [2.45, 2.75) is 33.1 Å². The molecule has 0 bridgehead atoms. The normalized spacial score (nSPS) is 14.7. The number of nitrogens with one attached hydrogen (secondary N) is 2. The van der Waals surface area contributed by atoms with Gasteiger partial charge in [-0.25, -0.2) is 4.98 Å². The van der Waals surface area contributed by atoms with E-state index >= 15 is 0 Å². The zero-order chi connectivity index (χ0) is 12.4. The van der Waals surface area contributed by atoms with Crippen molar-refractivity contribution in [2.75, 3.05) is 6.54 Å². The summed E-state index contributed by atoms with van der Waals surface area (Å²) in [5.41, 5.74) is 0.883. The molecule has 0 saturated heterocycles. The lowest BCUT2D eigenvalue weighted by molar-refractivity contribution is -0.120. The Morgan fingerprint density at radius 3 is 2.76 bits per heavy atom. The number of H-pyrrole nitrogens is 1. The third-order valence-electron chi connectivity index (χ3n) is 2.96. The van der Waals surface area contributed by atoms with Gasteiger partial charge in [0.25, 0.3) is 5.56 Å². The van der Waals surface area contributed by atoms with Crippen LogP contribution in [0.4, 0.5) is 0 Å². The Bertz CT molecular complexity index is 489. The van der Waals surface area contributed by atoms with E-state index in [1.807, 2.05) is 0 Å². The monoisotopic (exact) mass is 235 g/mol. The van der Waals surface area contributed by atoms with Crippen molar-refractivity contribution in [3.8, 4) is 0 Å². The number of rotatable bonds is 4. The molecular formula is C12H17N3O2. The van der Waals surface area contributed by atoms with E-state index in [-0.39, 0.29) is 17.9 Å². The van der Waals surface area contributed by atoms with Crippen LogP contribution in [0.3, 0.4) is 0 Å². The molecule has 1 aromatic heterocycles. The smallest absolute Gasteiger partial charge is 0.254 e. The Labute approximate surface area is 99.7 Å². The number of aromatic amines is 1. The molecule has 92 valence electrons. The van der Waals surface area contributed by atoms with Crippen molar-refractivity contribution < 1.29 is 4.79 Å². The summed E-state index contributed by atoms with van der Waals surface area (Å²) < 4.78 is 0. The Morgan fingerprint density at radius 1 is 1.47 bits per heavy atom. The molecule has 1 amide bonds. The topological polar surface area (TPSA) is 74.8 Å². The molecule has 1 aromatic rings. The van der Waals surface area contributed by atoms with E-state index in [9.17, 15) is 9.59 Å². The third kappa shape index (κ3) is 3.15. The van der Waals surface area contributed by atoms with Crippen LogP contribution in [0.1, 0.15) is 29.9 Å². The zero-order valence-electron chi connectivity index (χ0n) is 10.2. The molecule has 17 heavy (non-hydrogen) atoms. The molecule has 0 aromatic carbocycles. The lowest BCUT2D eigenvalue weighted by Gasteiger charge is -2.06. The van der Waals surface area contributed by atoms with E-state index in [1.165, 1.54) is 12.8 Å². The highest BCUT2D eigenvalue weighted by molar-refractivity contribution is 5.78. The average Bonchev–Trinajstić information content (AvgIpc) is 3.04. The maximum atomic E-state index is 11.7. The first kappa shape index (κ1) is 11.8. The lowest BCUT2D eigenvalue weighted by Crippen LogP contribution is -2.30. The minimum absolute atomic E-state index is 0.101. The number of hydrogen-bond donors (Lipinski definition) is 2. The highest BCUT2D eigenvalue weighted by Crippen LogP contribution is 2.27. The molecule has 2 rings (SSSR count). The number of carbonyl (C=O) groups excluding carboxylic acids is 1. The molecule has 5 heteroatoms. The second-order valence-corrected chi connectivity index (χ2v) is 4.64. The van der Waals surface area contributed by atoms with Gasteiger partial charge in [-0.2, -0.15) is 0 Å². The first-order valence-electron chi connectivity index (χ1n) is 5.89. The fourth-order valence-electron chi connectivity index (χ4n) is 1.76. The van der Waals surface area contributed by atoms with Gasteiger partial charge in [0.05, 0.1) is 6.42 Å². The van der Waals surface area contributed by atoms with Crippen LogP contribution in [0.5, 0.6) is 0 Å². The van der Waals surface area contributed by atoms with Gasteiger partial charge in [0.1, 0.15) is 5.82 Å². The summed E-state index contributed by atoms with van der Waals surface area (Å²) in [5.74, 6) is 1.13. The molecule has 1 saturated carbocycles. The molecule has 1 fully saturated rings. The van der Waals surface area contributed by atoms with Crippen molar-refractivity contribution >= 4 is 5.91 Å². The summed E-state index contributed by atoms with van der Waals surface area (Å²) in [4.78, 5) is 30.1. The summed E-state index contributed by atoms with van der Waals surface area (Å²) in [6.45, 7) is 4.21. The van der Waals surface area contributed by atoms with E-state index in [1.54, 1.807) is 13.8 Å². The number of amides is 1. The van der Waals surface area contributed by atoms with Gasteiger partial charge in [-0.1, -0.05) is 0 Å². The molecule has 5 nitrogen and oxygen atoms in total. The molecule has 0 atom stereocenters. The van der Waals surface area contributed by atoms with Gasteiger partial charge in [0, 0.05) is 17.8 Å². The van der Waals surface area contributed by atoms with Crippen LogP contribution >= 0.6 is 0 Å². The first-order valence-corrected chi connectivity index (χ1v) is 5.89. The van der Waals surface area contributed by atoms with Gasteiger partial charge in [-0.3, -0.25) is 9.59 Å². The highest BCUT2D eigenvalue weighted by atomic mass is 16.2. The van der Waals surface area contributed by atoms with Crippen molar-refractivity contribution in [1.29, 1.82) is 0 Å². The van der Waals surface area contributed by atoms with E-state index in [0.717, 1.165) is 6.54 Å². The van der Waals surface area contributed by atoms with Gasteiger partial charge in [0.2, 0.25) is 5.91 Å². The van der Waals surface area contributed by atoms with Gasteiger partial charge in [-0.15, -0.1) is 0 Å². The second-order valence-electron chi connectivity index (χ2n) is 4.64. The number of carbonyl (C=O) groups is 1. The second kappa shape index (κ2) is 4.69. The highest BCUT2D eigenvalue weighted by Gasteiger charge is 2.22. The van der Waals surface area contributed by atoms with Crippen molar-refractivity contribution in [3.05, 3.63) is 27.4 Å². The molecule has 0 aliphatic heterocycles. The summed E-state index contributed by atoms with van der Waals surface area (Å²) in [5, 5.41) is 2.84. The first-order chi connectivity index (χ1) is 8.06. The standard InChI is InChI=1S/C12H17N3O2/c1-7-10(12(17)15-8(2)14-7)5-11(16)13-6-9-3-4-9/h9H,3-6H2,1-2H3,(H,13,16)(H,14,15,17). The Kier molecular flexibility index (Phi) is 3.26. The number of hydrogen-bond acceptors (Lipinski definition) is 3. The van der Waals surface area contributed by atoms with E-state index in [2.05, 4.69) is 15.3 Å². The van der Waals surface area contributed by atoms with Gasteiger partial charge >= 0.3 is 0 Å². The van der Waals surface area contributed by atoms with Crippen LogP contribution < -0.4 is 10.9 Å². The Morgan fingerprint density at radius 2 is 2.18 bits per heavy atom. The molecule has 2 N–H and O–H groups in total. The van der Waals surface area contributed by atoms with Gasteiger partial charge in [-0.05, 0) is 32.6 Å². The van der Waals surface area contributed by atoms with Gasteiger partial charge in [0.15, 0.2) is 0 Å². The molecule has 0 spiro atoms. The van der Waals surface area contributed by atoms with Crippen LogP contribution in [0.25, 0.3) is 0 Å². The Hall–Kier alpha value is -1.65. The third-order valence-corrected chi connectivity index (χ3v) is 2.96. The predicted octanol–water partition coefficient (Wildman–Crippen LogP) is 0.455. The lowest BCUT2D eigenvalue weighted by atomic mass is 10.1. The quantitative estimate of drug-likeness (QED) is 0.796. The number of nitrogens with zero attached hydrogens (tertiary/aromatic N) is 1. The maximum absolute atomic E-state index is 11.7. The fraction of sp³-hybridized carbons (Fsp3) is 0.583. The van der Waals surface area contributed by atoms with Crippen LogP contribution in [0.2, 0.25) is 0 Å². The SMILES string of the molecule is Cc1nc(C)c(CC(=O)NCC2CC2)c(=O)[nH]1. The Balaban J connectivity index is 2.01.